The summed E-state index contributed by atoms with van der Waals surface area (Å²) >= 11 is 0. The number of methoxy groups -OCH3 is 2. The molecule has 0 saturated carbocycles. The molecular weight excluding hydrogens is 433 g/mol. The van der Waals surface area contributed by atoms with E-state index in [1.807, 2.05) is 0 Å². The number of nitro benzene ring substituents is 1. The number of hydrogen-bond acceptors (Lipinski definition) is 7. The monoisotopic (exact) mass is 453 g/mol. The molecule has 10 nitrogen and oxygen atoms in total. The molecule has 0 atom stereocenters. The van der Waals surface area contributed by atoms with E-state index in [1.165, 1.54) is 43.4 Å². The van der Waals surface area contributed by atoms with Crippen molar-refractivity contribution in [2.45, 2.75) is 4.90 Å². The summed E-state index contributed by atoms with van der Waals surface area (Å²) in [6.07, 6.45) is 0. The minimum absolute atomic E-state index is 0.0360. The molecule has 1 amide bonds. The predicted octanol–water partition coefficient (Wildman–Crippen LogP) is 1.90. The van der Waals surface area contributed by atoms with Crippen LogP contribution < -0.4 is 9.47 Å². The first-order valence-corrected chi connectivity index (χ1v) is 10.6. The van der Waals surface area contributed by atoms with Crippen LogP contribution in [0.2, 0.25) is 0 Å². The molecule has 1 saturated heterocycles. The van der Waals surface area contributed by atoms with E-state index in [9.17, 15) is 27.7 Å². The van der Waals surface area contributed by atoms with Crippen LogP contribution in [0.5, 0.6) is 11.5 Å². The molecule has 2 aromatic carbocycles. The number of nitrogens with zero attached hydrogens (tertiary/aromatic N) is 3. The van der Waals surface area contributed by atoms with Crippen molar-refractivity contribution < 1.29 is 32.0 Å². The van der Waals surface area contributed by atoms with E-state index in [2.05, 4.69) is 0 Å². The van der Waals surface area contributed by atoms with E-state index in [1.54, 1.807) is 0 Å². The number of rotatable bonds is 6. The van der Waals surface area contributed by atoms with Crippen molar-refractivity contribution in [3.63, 3.8) is 0 Å². The van der Waals surface area contributed by atoms with Crippen LogP contribution in [0, 0.1) is 15.9 Å². The Hall–Kier alpha value is -3.25. The number of carbonyl (C=O) groups excluding carboxylic acids is 1. The number of amides is 1. The van der Waals surface area contributed by atoms with Crippen molar-refractivity contribution in [3.05, 3.63) is 57.9 Å². The topological polar surface area (TPSA) is 119 Å². The van der Waals surface area contributed by atoms with Crippen LogP contribution >= 0.6 is 0 Å². The molecule has 12 heteroatoms. The minimum atomic E-state index is -4.03. The lowest BCUT2D eigenvalue weighted by atomic mass is 10.1. The summed E-state index contributed by atoms with van der Waals surface area (Å²) in [5.74, 6) is -1.07. The normalized spacial score (nSPS) is 14.9. The average Bonchev–Trinajstić information content (AvgIpc) is 2.78. The van der Waals surface area contributed by atoms with Crippen LogP contribution in [-0.2, 0) is 10.0 Å². The van der Waals surface area contributed by atoms with Gasteiger partial charge in [0, 0.05) is 38.3 Å². The molecule has 0 aromatic heterocycles. The van der Waals surface area contributed by atoms with Crippen LogP contribution in [-0.4, -0.2) is 68.9 Å². The quantitative estimate of drug-likeness (QED) is 0.484. The van der Waals surface area contributed by atoms with E-state index in [0.717, 1.165) is 16.4 Å². The third-order valence-electron chi connectivity index (χ3n) is 4.92. The Kier molecular flexibility index (Phi) is 6.41. The van der Waals surface area contributed by atoms with E-state index < -0.39 is 32.4 Å². The van der Waals surface area contributed by atoms with Gasteiger partial charge in [-0.3, -0.25) is 14.9 Å². The zero-order valence-corrected chi connectivity index (χ0v) is 17.6. The molecule has 1 aliphatic rings. The number of carbonyl (C=O) groups is 1. The Bertz CT molecular complexity index is 1120. The zero-order chi connectivity index (χ0) is 22.8. The first-order valence-electron chi connectivity index (χ1n) is 9.14. The maximum Gasteiger partial charge on any atom is 0.312 e. The second-order valence-electron chi connectivity index (χ2n) is 6.63. The van der Waals surface area contributed by atoms with Gasteiger partial charge in [-0.15, -0.1) is 0 Å². The number of piperazine rings is 1. The second-order valence-corrected chi connectivity index (χ2v) is 8.57. The summed E-state index contributed by atoms with van der Waals surface area (Å²) in [6, 6.07) is 7.27. The van der Waals surface area contributed by atoms with Crippen molar-refractivity contribution in [1.29, 1.82) is 0 Å². The number of ether oxygens (including phenoxy) is 2. The highest BCUT2D eigenvalue weighted by molar-refractivity contribution is 7.89. The Morgan fingerprint density at radius 2 is 1.74 bits per heavy atom. The number of sulfonamides is 1. The lowest BCUT2D eigenvalue weighted by Gasteiger charge is -2.34. The molecular formula is C19H20FN3O7S. The second kappa shape index (κ2) is 8.86. The van der Waals surface area contributed by atoms with Crippen LogP contribution in [0.25, 0.3) is 0 Å². The Morgan fingerprint density at radius 1 is 1.06 bits per heavy atom. The molecule has 0 aliphatic carbocycles. The van der Waals surface area contributed by atoms with Gasteiger partial charge in [0.05, 0.1) is 29.6 Å². The minimum Gasteiger partial charge on any atom is -0.497 e. The van der Waals surface area contributed by atoms with Crippen molar-refractivity contribution in [1.82, 2.24) is 9.21 Å². The summed E-state index contributed by atoms with van der Waals surface area (Å²) in [5, 5.41) is 11.2. The zero-order valence-electron chi connectivity index (χ0n) is 16.8. The van der Waals surface area contributed by atoms with Crippen LogP contribution in [0.1, 0.15) is 10.4 Å². The SMILES string of the molecule is COc1ccc(C(=O)N2CCN(S(=O)(=O)c3ccc(OC)c([N+](=O)[O-])c3)CC2)c(F)c1. The smallest absolute Gasteiger partial charge is 0.312 e. The Balaban J connectivity index is 1.75. The fourth-order valence-corrected chi connectivity index (χ4v) is 4.66. The summed E-state index contributed by atoms with van der Waals surface area (Å²) < 4.78 is 51.0. The molecule has 166 valence electrons. The molecule has 1 aliphatic heterocycles. The predicted molar refractivity (Wildman–Crippen MR) is 107 cm³/mol. The van der Waals surface area contributed by atoms with Gasteiger partial charge in [0.15, 0.2) is 5.75 Å². The van der Waals surface area contributed by atoms with Gasteiger partial charge in [-0.25, -0.2) is 12.8 Å². The maximum atomic E-state index is 14.2. The molecule has 2 aromatic rings. The number of halogens is 1. The number of nitro groups is 1. The van der Waals surface area contributed by atoms with Crippen molar-refractivity contribution in [3.8, 4) is 11.5 Å². The highest BCUT2D eigenvalue weighted by atomic mass is 32.2. The summed E-state index contributed by atoms with van der Waals surface area (Å²) in [6.45, 7) is 0.0148. The van der Waals surface area contributed by atoms with Crippen LogP contribution in [0.15, 0.2) is 41.3 Å². The standard InChI is InChI=1S/C19H20FN3O7S/c1-29-13-3-5-15(16(20)11-13)19(24)21-7-9-22(10-8-21)31(27,28)14-4-6-18(30-2)17(12-14)23(25)26/h3-6,11-12H,7-10H2,1-2H3. The molecule has 1 fully saturated rings. The van der Waals surface area contributed by atoms with Crippen molar-refractivity contribution >= 4 is 21.6 Å². The highest BCUT2D eigenvalue weighted by Gasteiger charge is 2.32. The van der Waals surface area contributed by atoms with Gasteiger partial charge in [-0.2, -0.15) is 4.31 Å². The van der Waals surface area contributed by atoms with Gasteiger partial charge in [-0.05, 0) is 24.3 Å². The first-order chi connectivity index (χ1) is 14.7. The molecule has 0 unspecified atom stereocenters. The third-order valence-corrected chi connectivity index (χ3v) is 6.81. The lowest BCUT2D eigenvalue weighted by molar-refractivity contribution is -0.386. The lowest BCUT2D eigenvalue weighted by Crippen LogP contribution is -2.50. The van der Waals surface area contributed by atoms with Crippen molar-refractivity contribution in [2.24, 2.45) is 0 Å². The molecule has 31 heavy (non-hydrogen) atoms. The molecule has 0 spiro atoms. The van der Waals surface area contributed by atoms with Crippen molar-refractivity contribution in [2.75, 3.05) is 40.4 Å². The molecule has 3 rings (SSSR count). The highest BCUT2D eigenvalue weighted by Crippen LogP contribution is 2.31. The number of hydrogen-bond donors (Lipinski definition) is 0. The van der Waals surface area contributed by atoms with Gasteiger partial charge in [0.25, 0.3) is 5.91 Å². The Morgan fingerprint density at radius 3 is 2.29 bits per heavy atom. The number of benzene rings is 2. The molecule has 0 radical (unpaired) electrons. The Labute approximate surface area is 178 Å². The van der Waals surface area contributed by atoms with Gasteiger partial charge < -0.3 is 14.4 Å². The van der Waals surface area contributed by atoms with E-state index in [-0.39, 0.29) is 48.1 Å². The van der Waals surface area contributed by atoms with E-state index in [4.69, 9.17) is 9.47 Å². The third kappa shape index (κ3) is 4.44. The maximum absolute atomic E-state index is 14.2. The summed E-state index contributed by atoms with van der Waals surface area (Å²) in [4.78, 5) is 24.2. The molecule has 0 bridgehead atoms. The van der Waals surface area contributed by atoms with Gasteiger partial charge in [0.1, 0.15) is 11.6 Å². The first kappa shape index (κ1) is 22.4. The van der Waals surface area contributed by atoms with Gasteiger partial charge in [0.2, 0.25) is 10.0 Å². The fraction of sp³-hybridized carbons (Fsp3) is 0.316. The molecule has 0 N–H and O–H groups in total. The van der Waals surface area contributed by atoms with Crippen LogP contribution in [0.4, 0.5) is 10.1 Å². The summed E-state index contributed by atoms with van der Waals surface area (Å²) in [5.41, 5.74) is -0.602. The van der Waals surface area contributed by atoms with Gasteiger partial charge >= 0.3 is 5.69 Å². The van der Waals surface area contributed by atoms with E-state index >= 15 is 0 Å². The average molecular weight is 453 g/mol. The van der Waals surface area contributed by atoms with Gasteiger partial charge in [-0.1, -0.05) is 0 Å². The molecule has 1 heterocycles. The van der Waals surface area contributed by atoms with Crippen LogP contribution in [0.3, 0.4) is 0 Å². The summed E-state index contributed by atoms with van der Waals surface area (Å²) in [7, 11) is -1.40. The largest absolute Gasteiger partial charge is 0.497 e. The fourth-order valence-electron chi connectivity index (χ4n) is 3.22. The van der Waals surface area contributed by atoms with E-state index in [0.29, 0.717) is 0 Å².